The summed E-state index contributed by atoms with van der Waals surface area (Å²) in [6, 6.07) is 9.72. The summed E-state index contributed by atoms with van der Waals surface area (Å²) >= 11 is 5.88. The van der Waals surface area contributed by atoms with Crippen molar-refractivity contribution >= 4 is 23.2 Å². The van der Waals surface area contributed by atoms with Crippen LogP contribution in [0.1, 0.15) is 18.2 Å². The van der Waals surface area contributed by atoms with Crippen LogP contribution in [0.4, 0.5) is 14.5 Å². The molecule has 0 spiro atoms. The first-order chi connectivity index (χ1) is 12.5. The number of carbonyl (C=O) groups excluding carboxylic acids is 1. The maximum atomic E-state index is 13.9. The summed E-state index contributed by atoms with van der Waals surface area (Å²) in [5, 5.41) is 4.23. The molecule has 4 rings (SSSR count). The van der Waals surface area contributed by atoms with E-state index < -0.39 is 5.82 Å². The van der Waals surface area contributed by atoms with Gasteiger partial charge in [-0.25, -0.2) is 8.78 Å². The fraction of sp³-hybridized carbons (Fsp3) is 0.167. The highest BCUT2D eigenvalue weighted by Crippen LogP contribution is 2.32. The lowest BCUT2D eigenvalue weighted by Gasteiger charge is -2.15. The van der Waals surface area contributed by atoms with Crippen molar-refractivity contribution in [2.45, 2.75) is 12.3 Å². The van der Waals surface area contributed by atoms with E-state index >= 15 is 0 Å². The Bertz CT molecular complexity index is 975. The second-order valence-corrected chi connectivity index (χ2v) is 6.40. The van der Waals surface area contributed by atoms with Gasteiger partial charge in [0.25, 0.3) is 5.89 Å². The van der Waals surface area contributed by atoms with E-state index in [1.807, 2.05) is 0 Å². The number of anilines is 1. The Hall–Kier alpha value is -2.80. The van der Waals surface area contributed by atoms with Gasteiger partial charge in [-0.1, -0.05) is 16.8 Å². The standard InChI is InChI=1S/C18H12ClF2N3O2/c19-11-1-6-15(21)14(8-11)18-22-17(23-26-18)10-7-16(25)24(9-10)13-4-2-12(20)3-5-13/h1-6,8,10H,7,9H2. The smallest absolute Gasteiger partial charge is 0.260 e. The summed E-state index contributed by atoms with van der Waals surface area (Å²) in [6.07, 6.45) is 0.189. The Labute approximate surface area is 152 Å². The Morgan fingerprint density at radius 3 is 2.69 bits per heavy atom. The minimum Gasteiger partial charge on any atom is -0.334 e. The normalized spacial score (nSPS) is 17.1. The molecular weight excluding hydrogens is 364 g/mol. The maximum Gasteiger partial charge on any atom is 0.260 e. The highest BCUT2D eigenvalue weighted by molar-refractivity contribution is 6.30. The second-order valence-electron chi connectivity index (χ2n) is 5.96. The van der Waals surface area contributed by atoms with Gasteiger partial charge in [0.1, 0.15) is 11.6 Å². The highest BCUT2D eigenvalue weighted by atomic mass is 35.5. The van der Waals surface area contributed by atoms with Gasteiger partial charge in [-0.3, -0.25) is 4.79 Å². The first kappa shape index (κ1) is 16.7. The lowest BCUT2D eigenvalue weighted by Crippen LogP contribution is -2.24. The summed E-state index contributed by atoms with van der Waals surface area (Å²) in [5.74, 6) is -0.998. The van der Waals surface area contributed by atoms with Crippen LogP contribution in [0.25, 0.3) is 11.5 Å². The fourth-order valence-corrected chi connectivity index (χ4v) is 3.09. The molecule has 1 saturated heterocycles. The molecule has 0 N–H and O–H groups in total. The summed E-state index contributed by atoms with van der Waals surface area (Å²) in [7, 11) is 0. The maximum absolute atomic E-state index is 13.9. The minimum atomic E-state index is -0.528. The average molecular weight is 376 g/mol. The molecule has 8 heteroatoms. The first-order valence-corrected chi connectivity index (χ1v) is 8.24. The van der Waals surface area contributed by atoms with Gasteiger partial charge in [-0.05, 0) is 42.5 Å². The van der Waals surface area contributed by atoms with Crippen molar-refractivity contribution in [1.29, 1.82) is 0 Å². The van der Waals surface area contributed by atoms with E-state index in [9.17, 15) is 13.6 Å². The largest absolute Gasteiger partial charge is 0.334 e. The monoisotopic (exact) mass is 375 g/mol. The molecule has 1 amide bonds. The third-order valence-corrected chi connectivity index (χ3v) is 4.46. The molecule has 1 fully saturated rings. The number of amides is 1. The van der Waals surface area contributed by atoms with Gasteiger partial charge >= 0.3 is 0 Å². The van der Waals surface area contributed by atoms with E-state index in [1.165, 1.54) is 30.3 Å². The van der Waals surface area contributed by atoms with Gasteiger partial charge in [0.05, 0.1) is 5.56 Å². The van der Waals surface area contributed by atoms with Gasteiger partial charge < -0.3 is 9.42 Å². The van der Waals surface area contributed by atoms with Gasteiger partial charge in [0, 0.05) is 29.6 Å². The lowest BCUT2D eigenvalue weighted by molar-refractivity contribution is -0.117. The molecule has 1 atom stereocenters. The molecule has 1 unspecified atom stereocenters. The molecule has 3 aromatic rings. The molecule has 26 heavy (non-hydrogen) atoms. The molecule has 5 nitrogen and oxygen atoms in total. The van der Waals surface area contributed by atoms with E-state index in [4.69, 9.17) is 16.1 Å². The second kappa shape index (κ2) is 6.49. The summed E-state index contributed by atoms with van der Waals surface area (Å²) in [5.41, 5.74) is 0.708. The van der Waals surface area contributed by atoms with Crippen LogP contribution in [-0.2, 0) is 4.79 Å². The Morgan fingerprint density at radius 1 is 1.15 bits per heavy atom. The van der Waals surface area contributed by atoms with Crippen molar-refractivity contribution < 1.29 is 18.1 Å². The zero-order valence-electron chi connectivity index (χ0n) is 13.3. The number of rotatable bonds is 3. The minimum absolute atomic E-state index is 0.00711. The predicted octanol–water partition coefficient (Wildman–Crippen LogP) is 4.19. The molecule has 1 aliphatic rings. The number of hydrogen-bond donors (Lipinski definition) is 0. The zero-order chi connectivity index (χ0) is 18.3. The third kappa shape index (κ3) is 3.06. The number of halogens is 3. The summed E-state index contributed by atoms with van der Waals surface area (Å²) in [4.78, 5) is 18.1. The number of aromatic nitrogens is 2. The van der Waals surface area contributed by atoms with Crippen LogP contribution in [0.5, 0.6) is 0 Å². The predicted molar refractivity (Wildman–Crippen MR) is 90.8 cm³/mol. The molecule has 0 aliphatic carbocycles. The first-order valence-electron chi connectivity index (χ1n) is 7.86. The van der Waals surface area contributed by atoms with Crippen LogP contribution < -0.4 is 4.90 Å². The average Bonchev–Trinajstić information content (AvgIpc) is 3.25. The van der Waals surface area contributed by atoms with Crippen LogP contribution in [0, 0.1) is 11.6 Å². The molecule has 1 aromatic heterocycles. The molecule has 0 bridgehead atoms. The molecule has 2 heterocycles. The van der Waals surface area contributed by atoms with Crippen molar-refractivity contribution in [3.05, 3.63) is 64.9 Å². The Kier molecular flexibility index (Phi) is 4.16. The van der Waals surface area contributed by atoms with Crippen molar-refractivity contribution in [2.75, 3.05) is 11.4 Å². The van der Waals surface area contributed by atoms with Crippen LogP contribution in [0.15, 0.2) is 47.0 Å². The lowest BCUT2D eigenvalue weighted by atomic mass is 10.1. The molecule has 1 aliphatic heterocycles. The van der Waals surface area contributed by atoms with Crippen LogP contribution in [-0.4, -0.2) is 22.6 Å². The van der Waals surface area contributed by atoms with Crippen LogP contribution >= 0.6 is 11.6 Å². The van der Waals surface area contributed by atoms with Gasteiger partial charge in [0.2, 0.25) is 5.91 Å². The molecular formula is C18H12ClF2N3O2. The molecule has 0 saturated carbocycles. The molecule has 2 aromatic carbocycles. The summed E-state index contributed by atoms with van der Waals surface area (Å²) < 4.78 is 32.2. The quantitative estimate of drug-likeness (QED) is 0.688. The van der Waals surface area contributed by atoms with Gasteiger partial charge in [0.15, 0.2) is 5.82 Å². The summed E-state index contributed by atoms with van der Waals surface area (Å²) in [6.45, 7) is 0.335. The van der Waals surface area contributed by atoms with E-state index in [-0.39, 0.29) is 35.5 Å². The van der Waals surface area contributed by atoms with E-state index in [2.05, 4.69) is 10.1 Å². The fourth-order valence-electron chi connectivity index (χ4n) is 2.92. The van der Waals surface area contributed by atoms with Crippen LogP contribution in [0.3, 0.4) is 0 Å². The van der Waals surface area contributed by atoms with Crippen molar-refractivity contribution in [2.24, 2.45) is 0 Å². The van der Waals surface area contributed by atoms with Crippen molar-refractivity contribution in [3.63, 3.8) is 0 Å². The SMILES string of the molecule is O=C1CC(c2noc(-c3cc(Cl)ccc3F)n2)CN1c1ccc(F)cc1. The highest BCUT2D eigenvalue weighted by Gasteiger charge is 2.34. The third-order valence-electron chi connectivity index (χ3n) is 4.23. The van der Waals surface area contributed by atoms with Crippen molar-refractivity contribution in [3.8, 4) is 11.5 Å². The van der Waals surface area contributed by atoms with E-state index in [0.29, 0.717) is 23.1 Å². The van der Waals surface area contributed by atoms with E-state index in [1.54, 1.807) is 17.0 Å². The van der Waals surface area contributed by atoms with E-state index in [0.717, 1.165) is 0 Å². The van der Waals surface area contributed by atoms with Gasteiger partial charge in [-0.2, -0.15) is 4.98 Å². The molecule has 0 radical (unpaired) electrons. The zero-order valence-corrected chi connectivity index (χ0v) is 14.1. The Balaban J connectivity index is 1.58. The number of carbonyl (C=O) groups is 1. The van der Waals surface area contributed by atoms with Gasteiger partial charge in [-0.15, -0.1) is 0 Å². The molecule has 132 valence electrons. The topological polar surface area (TPSA) is 59.2 Å². The van der Waals surface area contributed by atoms with Crippen LogP contribution in [0.2, 0.25) is 5.02 Å². The number of benzene rings is 2. The number of nitrogens with zero attached hydrogens (tertiary/aromatic N) is 3. The number of hydrogen-bond acceptors (Lipinski definition) is 4. The Morgan fingerprint density at radius 2 is 1.92 bits per heavy atom. The van der Waals surface area contributed by atoms with Crippen molar-refractivity contribution in [1.82, 2.24) is 10.1 Å².